The summed E-state index contributed by atoms with van der Waals surface area (Å²) in [5.41, 5.74) is 7.58. The van der Waals surface area contributed by atoms with Gasteiger partial charge >= 0.3 is 0 Å². The molecule has 284 valence electrons. The number of aliphatic hydroxyl groups is 1. The Bertz CT molecular complexity index is 2120. The Kier molecular flexibility index (Phi) is 8.44. The number of nitrogens with zero attached hydrogens (tertiary/aromatic N) is 3. The van der Waals surface area contributed by atoms with Gasteiger partial charge in [0.2, 0.25) is 0 Å². The number of benzene rings is 2. The fourth-order valence-electron chi connectivity index (χ4n) is 13.4. The molecule has 3 aromatic rings. The van der Waals surface area contributed by atoms with E-state index in [4.69, 9.17) is 9.47 Å². The van der Waals surface area contributed by atoms with Gasteiger partial charge in [-0.2, -0.15) is 10.3 Å². The quantitative estimate of drug-likeness (QED) is 0.191. The number of hydrogen-bond acceptors (Lipinski definition) is 6. The first-order valence-electron chi connectivity index (χ1n) is 20.2. The molecule has 6 unspecified atom stereocenters. The largest absolute Gasteiger partial charge is 0.496 e. The first kappa shape index (κ1) is 35.7. The Morgan fingerprint density at radius 2 is 1.87 bits per heavy atom. The molecule has 6 aliphatic rings. The zero-order chi connectivity index (χ0) is 37.1. The molecule has 9 rings (SSSR count). The van der Waals surface area contributed by atoms with E-state index in [1.807, 2.05) is 7.11 Å². The van der Waals surface area contributed by atoms with Crippen LogP contribution in [0.2, 0.25) is 0 Å². The summed E-state index contributed by atoms with van der Waals surface area (Å²) in [6.45, 7) is 16.6. The van der Waals surface area contributed by atoms with Crippen LogP contribution in [0.15, 0.2) is 60.2 Å². The molecule has 6 heterocycles. The van der Waals surface area contributed by atoms with Crippen LogP contribution in [0.5, 0.6) is 5.75 Å². The van der Waals surface area contributed by atoms with Crippen molar-refractivity contribution < 1.29 is 14.6 Å². The topological polar surface area (TPSA) is 64.2 Å². The fourth-order valence-corrected chi connectivity index (χ4v) is 16.0. The highest BCUT2D eigenvalue weighted by molar-refractivity contribution is 8.07. The Labute approximate surface area is 319 Å². The van der Waals surface area contributed by atoms with E-state index < -0.39 is 15.9 Å². The summed E-state index contributed by atoms with van der Waals surface area (Å²) >= 11 is 0. The van der Waals surface area contributed by atoms with Crippen LogP contribution in [0.25, 0.3) is 10.9 Å². The molecule has 1 spiro atoms. The van der Waals surface area contributed by atoms with Crippen molar-refractivity contribution in [3.63, 3.8) is 0 Å². The Morgan fingerprint density at radius 3 is 2.60 bits per heavy atom. The van der Waals surface area contributed by atoms with Gasteiger partial charge in [0.15, 0.2) is 0 Å². The average Bonchev–Trinajstić information content (AvgIpc) is 3.80. The van der Waals surface area contributed by atoms with Crippen LogP contribution in [0.3, 0.4) is 0 Å². The number of fused-ring (bicyclic) bond motifs is 6. The minimum Gasteiger partial charge on any atom is -0.496 e. The second-order valence-electron chi connectivity index (χ2n) is 17.5. The van der Waals surface area contributed by atoms with E-state index in [1.54, 1.807) is 12.7 Å². The second-order valence-corrected chi connectivity index (χ2v) is 19.8. The molecule has 1 saturated heterocycles. The van der Waals surface area contributed by atoms with Gasteiger partial charge in [0.1, 0.15) is 5.75 Å². The molecular formula is C45H60N4O3S. The van der Waals surface area contributed by atoms with Gasteiger partial charge < -0.3 is 24.5 Å². The zero-order valence-corrected chi connectivity index (χ0v) is 34.0. The third kappa shape index (κ3) is 4.69. The van der Waals surface area contributed by atoms with E-state index in [1.165, 1.54) is 39.0 Å². The molecule has 2 fully saturated rings. The Morgan fingerprint density at radius 1 is 1.06 bits per heavy atom. The monoisotopic (exact) mass is 736 g/mol. The third-order valence-corrected chi connectivity index (χ3v) is 17.7. The maximum absolute atomic E-state index is 13.4. The highest BCUT2D eigenvalue weighted by Gasteiger charge is 2.75. The number of methoxy groups -OCH3 is 2. The molecule has 5 aliphatic heterocycles. The van der Waals surface area contributed by atoms with E-state index in [0.29, 0.717) is 5.92 Å². The molecule has 2 aromatic carbocycles. The third-order valence-electron chi connectivity index (χ3n) is 15.0. The van der Waals surface area contributed by atoms with Crippen molar-refractivity contribution in [1.82, 2.24) is 14.8 Å². The van der Waals surface area contributed by atoms with Crippen molar-refractivity contribution in [1.29, 1.82) is 0 Å². The normalized spacial score (nSPS) is 37.6. The lowest BCUT2D eigenvalue weighted by Gasteiger charge is -2.65. The van der Waals surface area contributed by atoms with Crippen LogP contribution < -0.4 is 9.64 Å². The summed E-state index contributed by atoms with van der Waals surface area (Å²) in [4.78, 5) is 11.9. The molecule has 2 bridgehead atoms. The van der Waals surface area contributed by atoms with E-state index in [-0.39, 0.29) is 33.6 Å². The van der Waals surface area contributed by atoms with Crippen LogP contribution >= 0.6 is 10.3 Å². The summed E-state index contributed by atoms with van der Waals surface area (Å²) in [6, 6.07) is 14.0. The van der Waals surface area contributed by atoms with Crippen LogP contribution in [0.4, 0.5) is 5.69 Å². The van der Waals surface area contributed by atoms with E-state index >= 15 is 0 Å². The number of likely N-dealkylation sites (N-methyl/N-ethyl adjacent to an activating group) is 1. The van der Waals surface area contributed by atoms with Crippen molar-refractivity contribution in [3.8, 4) is 11.1 Å². The molecule has 2 N–H and O–H groups in total. The van der Waals surface area contributed by atoms with Crippen LogP contribution in [0.1, 0.15) is 82.7 Å². The van der Waals surface area contributed by atoms with E-state index in [2.05, 4.69) is 121 Å². The van der Waals surface area contributed by atoms with Gasteiger partial charge in [0.25, 0.3) is 0 Å². The summed E-state index contributed by atoms with van der Waals surface area (Å²) in [5.74, 6) is 2.31. The highest BCUT2D eigenvalue weighted by atomic mass is 32.2. The number of H-pyrrole nitrogens is 1. The maximum Gasteiger partial charge on any atom is 0.125 e. The number of ether oxygens (including phenoxy) is 2. The van der Waals surface area contributed by atoms with Crippen LogP contribution in [0, 0.1) is 16.7 Å². The number of rotatable bonds is 4. The molecule has 0 amide bonds. The molecule has 1 aromatic heterocycles. The number of aromatic nitrogens is 1. The van der Waals surface area contributed by atoms with Crippen LogP contribution in [-0.4, -0.2) is 96.0 Å². The maximum atomic E-state index is 13.4. The van der Waals surface area contributed by atoms with Gasteiger partial charge in [-0.1, -0.05) is 62.8 Å². The van der Waals surface area contributed by atoms with E-state index in [9.17, 15) is 5.11 Å². The van der Waals surface area contributed by atoms with Crippen LogP contribution in [-0.2, 0) is 22.1 Å². The smallest absolute Gasteiger partial charge is 0.125 e. The minimum absolute atomic E-state index is 0.00387. The molecule has 7 nitrogen and oxygen atoms in total. The fraction of sp³-hybridized carbons (Fsp3) is 0.578. The molecule has 1 saturated carbocycles. The first-order valence-corrected chi connectivity index (χ1v) is 21.8. The standard InChI is InChI=1S/C45H60N4O3S/c1-9-29-21-30-24-42(4,38-32(27-48(25-29)26-30)31-15-12-13-16-35(31)46-38)34-22-33-36(23-37(34)52-8)47(6)39-43(5,50)41(53(11-3)28-51-7)44(10-2)17-14-19-49-20-18-45(33,39)40(44)49/h12-17,21-23,30,39-41,46,50,53H,9-11,18-20,24-27H2,1-8H3/t30?,39-,40?,41?,42+,43-,44+,45?/m0/s1. The predicted molar refractivity (Wildman–Crippen MR) is 220 cm³/mol. The van der Waals surface area contributed by atoms with Gasteiger partial charge in [0.05, 0.1) is 25.9 Å². The van der Waals surface area contributed by atoms with Crippen molar-refractivity contribution in [3.05, 3.63) is 82.6 Å². The van der Waals surface area contributed by atoms with Crippen molar-refractivity contribution in [2.24, 2.45) is 11.3 Å². The number of aromatic amines is 1. The van der Waals surface area contributed by atoms with Crippen molar-refractivity contribution in [2.75, 3.05) is 58.1 Å². The second kappa shape index (κ2) is 12.5. The molecule has 0 radical (unpaired) electrons. The number of thiol groups is 1. The highest BCUT2D eigenvalue weighted by Crippen LogP contribution is 2.69. The lowest BCUT2D eigenvalue weighted by atomic mass is 9.49. The number of nitrogens with one attached hydrogen (secondary N) is 1. The SMILES string of the molecule is CCC1=CC2CN(C1)Cc1c([nH]c3ccccc13)[C@@](C)(c1cc3c(cc1OC)N(C)[C@@H]1C34CCN3CC=C[C@](CC)(C34)C([SH](#COC)CC)[C@@]1(C)O)C2. The molecule has 1 aliphatic carbocycles. The van der Waals surface area contributed by atoms with Crippen molar-refractivity contribution >= 4 is 26.9 Å². The molecule has 8 heteroatoms. The first-order chi connectivity index (χ1) is 25.5. The summed E-state index contributed by atoms with van der Waals surface area (Å²) in [7, 11) is 4.97. The lowest BCUT2D eigenvalue weighted by Crippen LogP contribution is -2.77. The minimum atomic E-state index is -1.000. The summed E-state index contributed by atoms with van der Waals surface area (Å²) in [5, 5.41) is 18.2. The predicted octanol–water partition coefficient (Wildman–Crippen LogP) is 7.47. The summed E-state index contributed by atoms with van der Waals surface area (Å²) < 4.78 is 12.2. The Balaban J connectivity index is 1.31. The average molecular weight is 737 g/mol. The summed E-state index contributed by atoms with van der Waals surface area (Å²) in [6.07, 6.45) is 11.6. The lowest BCUT2D eigenvalue weighted by molar-refractivity contribution is -0.0927. The number of anilines is 1. The number of para-hydroxylation sites is 1. The van der Waals surface area contributed by atoms with Gasteiger partial charge in [-0.25, -0.2) is 0 Å². The van der Waals surface area contributed by atoms with Gasteiger partial charge in [0, 0.05) is 100 Å². The van der Waals surface area contributed by atoms with E-state index in [0.717, 1.165) is 69.9 Å². The zero-order valence-electron chi connectivity index (χ0n) is 33.1. The Hall–Kier alpha value is -2.97. The molecular weight excluding hydrogens is 677 g/mol. The van der Waals surface area contributed by atoms with Gasteiger partial charge in [-0.3, -0.25) is 9.80 Å². The molecule has 10 atom stereocenters. The van der Waals surface area contributed by atoms with Crippen molar-refractivity contribution in [2.45, 2.75) is 101 Å². The van der Waals surface area contributed by atoms with Gasteiger partial charge in [-0.15, -0.1) is 0 Å². The van der Waals surface area contributed by atoms with Gasteiger partial charge in [-0.05, 0) is 81.0 Å². The number of hydrogen-bond donors (Lipinski definition) is 3. The molecule has 53 heavy (non-hydrogen) atoms.